The average Bonchev–Trinajstić information content (AvgIpc) is 3.42. The second-order valence-electron chi connectivity index (χ2n) is 8.40. The van der Waals surface area contributed by atoms with Crippen LogP contribution in [0.1, 0.15) is 41.5 Å². The second-order valence-corrected chi connectivity index (χ2v) is 8.40. The molecular formula is C24H24N4O2. The Hall–Kier alpha value is -3.41. The summed E-state index contributed by atoms with van der Waals surface area (Å²) in [5.74, 6) is 6.20. The van der Waals surface area contributed by atoms with E-state index < -0.39 is 5.41 Å². The van der Waals surface area contributed by atoms with Gasteiger partial charge in [0.2, 0.25) is 5.91 Å². The smallest absolute Gasteiger partial charge is 0.268 e. The zero-order valence-electron chi connectivity index (χ0n) is 16.9. The zero-order chi connectivity index (χ0) is 20.9. The second kappa shape index (κ2) is 6.83. The molecule has 30 heavy (non-hydrogen) atoms. The van der Waals surface area contributed by atoms with Crippen LogP contribution in [-0.4, -0.2) is 15.6 Å². The number of nitrogens with zero attached hydrogens (tertiary/aromatic N) is 2. The molecule has 1 amide bonds. The number of anilines is 1. The van der Waals surface area contributed by atoms with Crippen LogP contribution in [-0.2, 0) is 23.1 Å². The van der Waals surface area contributed by atoms with Crippen molar-refractivity contribution in [2.24, 2.45) is 0 Å². The normalized spacial score (nSPS) is 16.2. The molecule has 2 aliphatic rings. The monoisotopic (exact) mass is 400 g/mol. The van der Waals surface area contributed by atoms with Gasteiger partial charge in [-0.25, -0.2) is 9.66 Å². The first-order valence-corrected chi connectivity index (χ1v) is 10.4. The molecule has 0 bridgehead atoms. The Morgan fingerprint density at radius 1 is 1.10 bits per heavy atom. The van der Waals surface area contributed by atoms with E-state index in [-0.39, 0.29) is 11.5 Å². The first-order chi connectivity index (χ1) is 14.5. The summed E-state index contributed by atoms with van der Waals surface area (Å²) in [7, 11) is 0. The molecule has 1 fully saturated rings. The topological polar surface area (TPSA) is 90.0 Å². The van der Waals surface area contributed by atoms with Gasteiger partial charge in [-0.3, -0.25) is 9.59 Å². The third kappa shape index (κ3) is 3.09. The Bertz CT molecular complexity index is 1220. The van der Waals surface area contributed by atoms with Crippen molar-refractivity contribution >= 4 is 11.7 Å². The summed E-state index contributed by atoms with van der Waals surface area (Å²) in [6.45, 7) is 1.94. The van der Waals surface area contributed by atoms with Crippen LogP contribution in [0.5, 0.6) is 0 Å². The lowest BCUT2D eigenvalue weighted by Gasteiger charge is -2.17. The summed E-state index contributed by atoms with van der Waals surface area (Å²) in [6.07, 6.45) is 6.71. The maximum absolute atomic E-state index is 13.2. The molecule has 0 unspecified atom stereocenters. The van der Waals surface area contributed by atoms with Crippen molar-refractivity contribution in [1.29, 1.82) is 0 Å². The van der Waals surface area contributed by atoms with Crippen molar-refractivity contribution in [3.8, 4) is 11.3 Å². The Morgan fingerprint density at radius 3 is 2.67 bits per heavy atom. The molecule has 0 spiro atoms. The van der Waals surface area contributed by atoms with Gasteiger partial charge in [-0.2, -0.15) is 0 Å². The molecule has 2 aliphatic carbocycles. The number of carbonyl (C=O) groups is 1. The fourth-order valence-corrected chi connectivity index (χ4v) is 4.41. The average molecular weight is 400 g/mol. The molecule has 3 N–H and O–H groups in total. The van der Waals surface area contributed by atoms with Crippen molar-refractivity contribution in [3.63, 3.8) is 0 Å². The lowest BCUT2D eigenvalue weighted by molar-refractivity contribution is -0.118. The predicted octanol–water partition coefficient (Wildman–Crippen LogP) is 3.09. The molecule has 6 heteroatoms. The van der Waals surface area contributed by atoms with Gasteiger partial charge in [0.1, 0.15) is 5.82 Å². The van der Waals surface area contributed by atoms with E-state index >= 15 is 0 Å². The summed E-state index contributed by atoms with van der Waals surface area (Å²) in [5, 5.41) is 3.02. The number of nitrogen functional groups attached to an aromatic ring is 1. The number of rotatable bonds is 4. The van der Waals surface area contributed by atoms with Crippen LogP contribution in [0.15, 0.2) is 53.5 Å². The summed E-state index contributed by atoms with van der Waals surface area (Å²) in [6, 6.07) is 13.4. The molecule has 6 nitrogen and oxygen atoms in total. The maximum atomic E-state index is 13.2. The minimum absolute atomic E-state index is 0.00783. The largest absolute Gasteiger partial charge is 0.336 e. The van der Waals surface area contributed by atoms with Crippen molar-refractivity contribution in [1.82, 2.24) is 9.66 Å². The van der Waals surface area contributed by atoms with Crippen molar-refractivity contribution in [2.75, 3.05) is 11.2 Å². The highest BCUT2D eigenvalue weighted by Crippen LogP contribution is 2.49. The number of hydrogen-bond donors (Lipinski definition) is 2. The highest BCUT2D eigenvalue weighted by molar-refractivity contribution is 6.01. The number of aryl methyl sites for hydroxylation is 3. The highest BCUT2D eigenvalue weighted by atomic mass is 16.2. The molecular weight excluding hydrogens is 376 g/mol. The van der Waals surface area contributed by atoms with Crippen LogP contribution in [0, 0.1) is 6.92 Å². The SMILES string of the molecule is Cc1ccc(NC(=O)C2(c3ccc4c(c3)CCC4)CC2)nc1-c1ccc(=O)n(N)c1. The number of hydrogen-bond acceptors (Lipinski definition) is 4. The number of pyridine rings is 2. The number of nitrogens with two attached hydrogens (primary N) is 1. The third-order valence-electron chi connectivity index (χ3n) is 6.39. The van der Waals surface area contributed by atoms with E-state index in [0.29, 0.717) is 11.5 Å². The predicted molar refractivity (Wildman–Crippen MR) is 117 cm³/mol. The van der Waals surface area contributed by atoms with Crippen molar-refractivity contribution in [2.45, 2.75) is 44.4 Å². The molecule has 2 heterocycles. The van der Waals surface area contributed by atoms with E-state index in [2.05, 4.69) is 28.5 Å². The summed E-state index contributed by atoms with van der Waals surface area (Å²) in [5.41, 5.74) is 5.54. The molecule has 152 valence electrons. The van der Waals surface area contributed by atoms with E-state index in [0.717, 1.165) is 47.0 Å². The number of aromatic nitrogens is 2. The number of benzene rings is 1. The summed E-state index contributed by atoms with van der Waals surface area (Å²) < 4.78 is 1.04. The van der Waals surface area contributed by atoms with E-state index in [4.69, 9.17) is 5.84 Å². The number of nitrogens with one attached hydrogen (secondary N) is 1. The number of fused-ring (bicyclic) bond motifs is 1. The van der Waals surface area contributed by atoms with Crippen molar-refractivity contribution < 1.29 is 4.79 Å². The Kier molecular flexibility index (Phi) is 4.24. The first kappa shape index (κ1) is 18.6. The van der Waals surface area contributed by atoms with E-state index in [1.807, 2.05) is 19.1 Å². The standard InChI is InChI=1S/C24H24N4O2/c1-15-5-9-20(26-22(15)18-7-10-21(29)28(25)14-18)27-23(30)24(11-12-24)19-8-6-16-3-2-4-17(16)13-19/h5-10,13-14H,2-4,11-12,25H2,1H3,(H,26,27,30). The van der Waals surface area contributed by atoms with Gasteiger partial charge in [0.25, 0.3) is 5.56 Å². The Balaban J connectivity index is 1.42. The maximum Gasteiger partial charge on any atom is 0.268 e. The molecule has 0 radical (unpaired) electrons. The van der Waals surface area contributed by atoms with Gasteiger partial charge in [-0.05, 0) is 73.4 Å². The fraction of sp³-hybridized carbons (Fsp3) is 0.292. The van der Waals surface area contributed by atoms with Gasteiger partial charge in [0, 0.05) is 17.8 Å². The lowest BCUT2D eigenvalue weighted by atomic mass is 9.92. The molecule has 0 saturated heterocycles. The molecule has 1 saturated carbocycles. The van der Waals surface area contributed by atoms with Gasteiger partial charge >= 0.3 is 0 Å². The number of carbonyl (C=O) groups excluding carboxylic acids is 1. The fourth-order valence-electron chi connectivity index (χ4n) is 4.41. The Labute approximate surface area is 174 Å². The first-order valence-electron chi connectivity index (χ1n) is 10.4. The van der Waals surface area contributed by atoms with Crippen molar-refractivity contribution in [3.05, 3.63) is 81.3 Å². The van der Waals surface area contributed by atoms with Crippen LogP contribution >= 0.6 is 0 Å². The Morgan fingerprint density at radius 2 is 1.90 bits per heavy atom. The molecule has 0 aliphatic heterocycles. The van der Waals surface area contributed by atoms with Gasteiger partial charge in [-0.1, -0.05) is 24.3 Å². The quantitative estimate of drug-likeness (QED) is 0.659. The van der Waals surface area contributed by atoms with Crippen LogP contribution in [0.3, 0.4) is 0 Å². The molecule has 5 rings (SSSR count). The molecule has 0 atom stereocenters. The van der Waals surface area contributed by atoms with E-state index in [9.17, 15) is 9.59 Å². The van der Waals surface area contributed by atoms with Gasteiger partial charge in [-0.15, -0.1) is 0 Å². The van der Waals surface area contributed by atoms with E-state index in [1.165, 1.54) is 23.6 Å². The lowest BCUT2D eigenvalue weighted by Crippen LogP contribution is -2.28. The van der Waals surface area contributed by atoms with Crippen LogP contribution in [0.2, 0.25) is 0 Å². The minimum Gasteiger partial charge on any atom is -0.336 e. The van der Waals surface area contributed by atoms with Gasteiger partial charge in [0.15, 0.2) is 0 Å². The van der Waals surface area contributed by atoms with Crippen LogP contribution < -0.4 is 16.7 Å². The third-order valence-corrected chi connectivity index (χ3v) is 6.39. The minimum atomic E-state index is -0.450. The summed E-state index contributed by atoms with van der Waals surface area (Å²) >= 11 is 0. The van der Waals surface area contributed by atoms with E-state index in [1.54, 1.807) is 12.3 Å². The molecule has 3 aromatic rings. The summed E-state index contributed by atoms with van der Waals surface area (Å²) in [4.78, 5) is 29.4. The number of amides is 1. The highest BCUT2D eigenvalue weighted by Gasteiger charge is 2.51. The van der Waals surface area contributed by atoms with Gasteiger partial charge < -0.3 is 11.2 Å². The van der Waals surface area contributed by atoms with Gasteiger partial charge in [0.05, 0.1) is 11.1 Å². The molecule has 2 aromatic heterocycles. The molecule has 1 aromatic carbocycles. The van der Waals surface area contributed by atoms with Crippen LogP contribution in [0.4, 0.5) is 5.82 Å². The zero-order valence-corrected chi connectivity index (χ0v) is 16.9. The van der Waals surface area contributed by atoms with Crippen LogP contribution in [0.25, 0.3) is 11.3 Å².